The van der Waals surface area contributed by atoms with Gasteiger partial charge in [-0.1, -0.05) is 26.0 Å². The zero-order valence-corrected chi connectivity index (χ0v) is 20.5. The van der Waals surface area contributed by atoms with Crippen molar-refractivity contribution in [3.05, 3.63) is 45.4 Å². The summed E-state index contributed by atoms with van der Waals surface area (Å²) in [7, 11) is 0. The highest BCUT2D eigenvalue weighted by Crippen LogP contribution is 2.22. The summed E-state index contributed by atoms with van der Waals surface area (Å²) >= 11 is 3.47. The Balaban J connectivity index is 0.00000280. The molecule has 5 nitrogen and oxygen atoms in total. The van der Waals surface area contributed by atoms with E-state index in [0.717, 1.165) is 48.1 Å². The SMILES string of the molecule is CCNC(=NCc1nc(C(C)C)cs1)NCCCc1nc2ccccc2s1.I. The smallest absolute Gasteiger partial charge is 0.191 e. The van der Waals surface area contributed by atoms with E-state index in [-0.39, 0.29) is 24.0 Å². The summed E-state index contributed by atoms with van der Waals surface area (Å²) in [6, 6.07) is 8.32. The number of fused-ring (bicyclic) bond motifs is 1. The maximum atomic E-state index is 4.70. The van der Waals surface area contributed by atoms with E-state index in [4.69, 9.17) is 4.98 Å². The molecule has 8 heteroatoms. The first kappa shape index (κ1) is 23.0. The van der Waals surface area contributed by atoms with E-state index in [0.29, 0.717) is 12.5 Å². The lowest BCUT2D eigenvalue weighted by molar-refractivity contribution is 0.741. The van der Waals surface area contributed by atoms with Gasteiger partial charge in [-0.15, -0.1) is 46.7 Å². The summed E-state index contributed by atoms with van der Waals surface area (Å²) in [5.74, 6) is 1.32. The van der Waals surface area contributed by atoms with Gasteiger partial charge in [0, 0.05) is 24.9 Å². The molecule has 0 unspecified atom stereocenters. The molecule has 0 spiro atoms. The Labute approximate surface area is 192 Å². The standard InChI is InChI=1S/C20H27N5S2.HI/c1-4-21-20(23-12-19-25-16(13-26-19)14(2)3)22-11-7-10-18-24-15-8-5-6-9-17(15)27-18;/h5-6,8-9,13-14H,4,7,10-12H2,1-3H3,(H2,21,22,23);1H. The van der Waals surface area contributed by atoms with Gasteiger partial charge in [0.1, 0.15) is 5.01 Å². The first-order chi connectivity index (χ1) is 13.2. The van der Waals surface area contributed by atoms with Crippen LogP contribution in [0.5, 0.6) is 0 Å². The third-order valence-corrected chi connectivity index (χ3v) is 6.02. The summed E-state index contributed by atoms with van der Waals surface area (Å²) in [5, 5.41) is 11.1. The van der Waals surface area contributed by atoms with Gasteiger partial charge in [-0.2, -0.15) is 0 Å². The highest BCUT2D eigenvalue weighted by atomic mass is 127. The molecular formula is C20H28IN5S2. The molecule has 2 N–H and O–H groups in total. The van der Waals surface area contributed by atoms with E-state index in [1.54, 1.807) is 22.7 Å². The molecule has 0 aliphatic heterocycles. The Morgan fingerprint density at radius 3 is 2.68 bits per heavy atom. The zero-order valence-electron chi connectivity index (χ0n) is 16.6. The number of rotatable bonds is 8. The first-order valence-electron chi connectivity index (χ1n) is 9.46. The Morgan fingerprint density at radius 2 is 1.96 bits per heavy atom. The fourth-order valence-corrected chi connectivity index (χ4v) is 4.51. The number of guanidine groups is 1. The predicted octanol–water partition coefficient (Wildman–Crippen LogP) is 5.18. The highest BCUT2D eigenvalue weighted by Gasteiger charge is 2.06. The number of nitrogens with one attached hydrogen (secondary N) is 2. The van der Waals surface area contributed by atoms with E-state index in [1.807, 2.05) is 6.07 Å². The summed E-state index contributed by atoms with van der Waals surface area (Å²) in [6.45, 7) is 8.75. The van der Waals surface area contributed by atoms with Crippen molar-refractivity contribution >= 4 is 62.8 Å². The fourth-order valence-electron chi connectivity index (χ4n) is 2.62. The number of halogens is 1. The van der Waals surface area contributed by atoms with Crippen LogP contribution in [0, 0.1) is 0 Å². The Hall–Kier alpha value is -1.26. The van der Waals surface area contributed by atoms with E-state index >= 15 is 0 Å². The summed E-state index contributed by atoms with van der Waals surface area (Å²) in [5.41, 5.74) is 2.25. The van der Waals surface area contributed by atoms with E-state index < -0.39 is 0 Å². The maximum Gasteiger partial charge on any atom is 0.191 e. The third kappa shape index (κ3) is 6.66. The molecule has 0 radical (unpaired) electrons. The number of benzene rings is 1. The summed E-state index contributed by atoms with van der Waals surface area (Å²) < 4.78 is 1.26. The van der Waals surface area contributed by atoms with Gasteiger partial charge in [0.05, 0.1) is 27.5 Å². The highest BCUT2D eigenvalue weighted by molar-refractivity contribution is 14.0. The number of para-hydroxylation sites is 1. The molecule has 0 saturated heterocycles. The van der Waals surface area contributed by atoms with E-state index in [2.05, 4.69) is 65.0 Å². The van der Waals surface area contributed by atoms with Crippen LogP contribution in [0.15, 0.2) is 34.6 Å². The minimum atomic E-state index is 0. The lowest BCUT2D eigenvalue weighted by atomic mass is 10.2. The van der Waals surface area contributed by atoms with Crippen molar-refractivity contribution in [1.82, 2.24) is 20.6 Å². The molecule has 0 amide bonds. The van der Waals surface area contributed by atoms with Crippen LogP contribution >= 0.6 is 46.7 Å². The van der Waals surface area contributed by atoms with Crippen LogP contribution in [-0.4, -0.2) is 29.0 Å². The van der Waals surface area contributed by atoms with Gasteiger partial charge < -0.3 is 10.6 Å². The van der Waals surface area contributed by atoms with Crippen molar-refractivity contribution in [2.75, 3.05) is 13.1 Å². The van der Waals surface area contributed by atoms with Crippen LogP contribution in [0.1, 0.15) is 48.8 Å². The van der Waals surface area contributed by atoms with E-state index in [9.17, 15) is 0 Å². The summed E-state index contributed by atoms with van der Waals surface area (Å²) in [4.78, 5) is 14.0. The number of aromatic nitrogens is 2. The van der Waals surface area contributed by atoms with Crippen molar-refractivity contribution in [2.24, 2.45) is 4.99 Å². The molecule has 3 aromatic rings. The molecule has 0 aliphatic rings. The number of hydrogen-bond donors (Lipinski definition) is 2. The second kappa shape index (κ2) is 11.7. The lowest BCUT2D eigenvalue weighted by Gasteiger charge is -2.10. The van der Waals surface area contributed by atoms with Gasteiger partial charge >= 0.3 is 0 Å². The van der Waals surface area contributed by atoms with Crippen molar-refractivity contribution < 1.29 is 0 Å². The van der Waals surface area contributed by atoms with Crippen LogP contribution < -0.4 is 10.6 Å². The minimum absolute atomic E-state index is 0. The molecule has 2 aromatic heterocycles. The summed E-state index contributed by atoms with van der Waals surface area (Å²) in [6.07, 6.45) is 2.01. The van der Waals surface area contributed by atoms with Crippen LogP contribution in [0.3, 0.4) is 0 Å². The van der Waals surface area contributed by atoms with Crippen molar-refractivity contribution in [1.29, 1.82) is 0 Å². The van der Waals surface area contributed by atoms with Crippen LogP contribution in [0.2, 0.25) is 0 Å². The average molecular weight is 530 g/mol. The van der Waals surface area contributed by atoms with Crippen molar-refractivity contribution in [2.45, 2.75) is 46.1 Å². The molecule has 0 fully saturated rings. The fraction of sp³-hybridized carbons (Fsp3) is 0.450. The van der Waals surface area contributed by atoms with Crippen molar-refractivity contribution in [3.63, 3.8) is 0 Å². The molecule has 1 aromatic carbocycles. The quantitative estimate of drug-likeness (QED) is 0.183. The zero-order chi connectivity index (χ0) is 19.1. The average Bonchev–Trinajstić information content (AvgIpc) is 3.29. The second-order valence-electron chi connectivity index (χ2n) is 6.62. The Morgan fingerprint density at radius 1 is 1.14 bits per heavy atom. The minimum Gasteiger partial charge on any atom is -0.357 e. The van der Waals surface area contributed by atoms with Crippen LogP contribution in [0.4, 0.5) is 0 Å². The largest absolute Gasteiger partial charge is 0.357 e. The molecule has 0 bridgehead atoms. The number of hydrogen-bond acceptors (Lipinski definition) is 5. The van der Waals surface area contributed by atoms with E-state index in [1.165, 1.54) is 9.71 Å². The monoisotopic (exact) mass is 529 g/mol. The Bertz CT molecular complexity index is 854. The molecule has 3 rings (SSSR count). The normalized spacial score (nSPS) is 11.6. The van der Waals surface area contributed by atoms with Gasteiger partial charge in [-0.25, -0.2) is 15.0 Å². The molecule has 0 aliphatic carbocycles. The van der Waals surface area contributed by atoms with Crippen molar-refractivity contribution in [3.8, 4) is 0 Å². The topological polar surface area (TPSA) is 62.2 Å². The maximum absolute atomic E-state index is 4.70. The van der Waals surface area contributed by atoms with Gasteiger partial charge in [-0.05, 0) is 31.4 Å². The second-order valence-corrected chi connectivity index (χ2v) is 8.68. The molecule has 0 saturated carbocycles. The molecular weight excluding hydrogens is 501 g/mol. The lowest BCUT2D eigenvalue weighted by Crippen LogP contribution is -2.37. The third-order valence-electron chi connectivity index (χ3n) is 4.08. The molecule has 2 heterocycles. The van der Waals surface area contributed by atoms with Gasteiger partial charge in [0.15, 0.2) is 5.96 Å². The molecule has 152 valence electrons. The number of thiazole rings is 2. The first-order valence-corrected chi connectivity index (χ1v) is 11.2. The van der Waals surface area contributed by atoms with Gasteiger partial charge in [0.25, 0.3) is 0 Å². The number of aliphatic imine (C=N–C) groups is 1. The predicted molar refractivity (Wildman–Crippen MR) is 132 cm³/mol. The molecule has 28 heavy (non-hydrogen) atoms. The van der Waals surface area contributed by atoms with Crippen LogP contribution in [0.25, 0.3) is 10.2 Å². The Kier molecular flexibility index (Phi) is 9.60. The molecule has 0 atom stereocenters. The number of nitrogens with zero attached hydrogens (tertiary/aromatic N) is 3. The van der Waals surface area contributed by atoms with Gasteiger partial charge in [-0.3, -0.25) is 0 Å². The number of aryl methyl sites for hydroxylation is 1. The van der Waals surface area contributed by atoms with Gasteiger partial charge in [0.2, 0.25) is 0 Å². The van der Waals surface area contributed by atoms with Crippen LogP contribution in [-0.2, 0) is 13.0 Å².